The quantitative estimate of drug-likeness (QED) is 0.827. The molecule has 0 unspecified atom stereocenters. The number of carbonyl (C=O) groups is 1. The summed E-state index contributed by atoms with van der Waals surface area (Å²) in [6.07, 6.45) is 0. The van der Waals surface area contributed by atoms with Gasteiger partial charge in [0.1, 0.15) is 5.75 Å². The lowest BCUT2D eigenvalue weighted by Gasteiger charge is -2.38. The van der Waals surface area contributed by atoms with E-state index in [1.807, 2.05) is 12.1 Å². The molecule has 1 N–H and O–H groups in total. The van der Waals surface area contributed by atoms with Crippen LogP contribution in [0.25, 0.3) is 0 Å². The Morgan fingerprint density at radius 2 is 1.85 bits per heavy atom. The molecule has 3 rings (SSSR count). The smallest absolute Gasteiger partial charge is 0.251 e. The molecule has 0 bridgehead atoms. The molecule has 1 atom stereocenters. The summed E-state index contributed by atoms with van der Waals surface area (Å²) < 4.78 is 5.27. The molecule has 0 saturated carbocycles. The summed E-state index contributed by atoms with van der Waals surface area (Å²) in [5.41, 5.74) is 1.75. The summed E-state index contributed by atoms with van der Waals surface area (Å²) in [7, 11) is 3.80. The standard InChI is InChI=1S/C21H26ClN3O2/c1-24-10-12-25(13-11-24)20(16-6-8-19(27-2)9-7-16)15-23-21(26)17-4-3-5-18(22)14-17/h3-9,14,20H,10-13,15H2,1-2H3,(H,23,26)/t20-/m1/s1. The molecule has 5 nitrogen and oxygen atoms in total. The van der Waals surface area contributed by atoms with Crippen molar-refractivity contribution in [3.63, 3.8) is 0 Å². The molecule has 1 fully saturated rings. The number of halogens is 1. The predicted octanol–water partition coefficient (Wildman–Crippen LogP) is 3.07. The van der Waals surface area contributed by atoms with Gasteiger partial charge in [0.2, 0.25) is 0 Å². The van der Waals surface area contributed by atoms with Crippen LogP contribution in [0.4, 0.5) is 0 Å². The highest BCUT2D eigenvalue weighted by Gasteiger charge is 2.24. The number of nitrogens with one attached hydrogen (secondary N) is 1. The summed E-state index contributed by atoms with van der Waals surface area (Å²) in [5, 5.41) is 3.64. The molecule has 27 heavy (non-hydrogen) atoms. The normalized spacial score (nSPS) is 16.7. The summed E-state index contributed by atoms with van der Waals surface area (Å²) in [4.78, 5) is 17.3. The summed E-state index contributed by atoms with van der Waals surface area (Å²) >= 11 is 6.01. The Morgan fingerprint density at radius 1 is 1.15 bits per heavy atom. The van der Waals surface area contributed by atoms with E-state index < -0.39 is 0 Å². The van der Waals surface area contributed by atoms with Gasteiger partial charge in [-0.15, -0.1) is 0 Å². The lowest BCUT2D eigenvalue weighted by molar-refractivity contribution is 0.0886. The van der Waals surface area contributed by atoms with E-state index in [0.29, 0.717) is 17.1 Å². The first-order chi connectivity index (χ1) is 13.1. The van der Waals surface area contributed by atoms with Gasteiger partial charge in [0.05, 0.1) is 13.2 Å². The Hall–Kier alpha value is -2.08. The molecule has 144 valence electrons. The monoisotopic (exact) mass is 387 g/mol. The Kier molecular flexibility index (Phi) is 6.72. The van der Waals surface area contributed by atoms with Crippen LogP contribution in [0.3, 0.4) is 0 Å². The van der Waals surface area contributed by atoms with Crippen LogP contribution in [0.2, 0.25) is 5.02 Å². The molecular formula is C21H26ClN3O2. The number of amides is 1. The van der Waals surface area contributed by atoms with Crippen LogP contribution in [0.15, 0.2) is 48.5 Å². The van der Waals surface area contributed by atoms with Gasteiger partial charge >= 0.3 is 0 Å². The van der Waals surface area contributed by atoms with Gasteiger partial charge in [-0.2, -0.15) is 0 Å². The van der Waals surface area contributed by atoms with Gasteiger partial charge < -0.3 is 15.0 Å². The zero-order chi connectivity index (χ0) is 19.2. The number of nitrogens with zero attached hydrogens (tertiary/aromatic N) is 2. The van der Waals surface area contributed by atoms with Crippen LogP contribution in [0.5, 0.6) is 5.75 Å². The highest BCUT2D eigenvalue weighted by atomic mass is 35.5. The van der Waals surface area contributed by atoms with Crippen LogP contribution in [-0.4, -0.2) is 62.6 Å². The zero-order valence-corrected chi connectivity index (χ0v) is 16.6. The van der Waals surface area contributed by atoms with Gasteiger partial charge in [0.15, 0.2) is 0 Å². The van der Waals surface area contributed by atoms with Gasteiger partial charge in [0, 0.05) is 43.3 Å². The first-order valence-electron chi connectivity index (χ1n) is 9.17. The van der Waals surface area contributed by atoms with Gasteiger partial charge in [0.25, 0.3) is 5.91 Å². The summed E-state index contributed by atoms with van der Waals surface area (Å²) in [5.74, 6) is 0.726. The fraction of sp³-hybridized carbons (Fsp3) is 0.381. The Bertz CT molecular complexity index is 758. The van der Waals surface area contributed by atoms with Crippen molar-refractivity contribution < 1.29 is 9.53 Å². The Morgan fingerprint density at radius 3 is 2.48 bits per heavy atom. The molecule has 1 amide bonds. The number of likely N-dealkylation sites (N-methyl/N-ethyl adjacent to an activating group) is 1. The van der Waals surface area contributed by atoms with Crippen molar-refractivity contribution in [1.29, 1.82) is 0 Å². The third-order valence-corrected chi connectivity index (χ3v) is 5.26. The van der Waals surface area contributed by atoms with Crippen molar-refractivity contribution in [3.8, 4) is 5.75 Å². The predicted molar refractivity (Wildman–Crippen MR) is 109 cm³/mol. The van der Waals surface area contributed by atoms with Crippen molar-refractivity contribution in [2.75, 3.05) is 46.9 Å². The van der Waals surface area contributed by atoms with E-state index in [-0.39, 0.29) is 11.9 Å². The van der Waals surface area contributed by atoms with Crippen molar-refractivity contribution in [1.82, 2.24) is 15.1 Å². The minimum absolute atomic E-state index is 0.106. The fourth-order valence-corrected chi connectivity index (χ4v) is 3.53. The average Bonchev–Trinajstić information content (AvgIpc) is 2.69. The van der Waals surface area contributed by atoms with Crippen LogP contribution in [-0.2, 0) is 0 Å². The number of rotatable bonds is 6. The molecule has 1 aliphatic heterocycles. The van der Waals surface area contributed by atoms with Crippen LogP contribution in [0, 0.1) is 0 Å². The van der Waals surface area contributed by atoms with E-state index >= 15 is 0 Å². The zero-order valence-electron chi connectivity index (χ0n) is 15.8. The summed E-state index contributed by atoms with van der Waals surface area (Å²) in [6, 6.07) is 15.2. The van der Waals surface area contributed by atoms with E-state index in [4.69, 9.17) is 16.3 Å². The molecule has 1 aliphatic rings. The molecule has 1 saturated heterocycles. The molecule has 6 heteroatoms. The second kappa shape index (κ2) is 9.22. The van der Waals surface area contributed by atoms with Gasteiger partial charge in [-0.05, 0) is 42.9 Å². The molecule has 0 spiro atoms. The SMILES string of the molecule is COc1ccc([C@@H](CNC(=O)c2cccc(Cl)c2)N2CCN(C)CC2)cc1. The third-order valence-electron chi connectivity index (χ3n) is 5.02. The van der Waals surface area contributed by atoms with Gasteiger partial charge in [-0.25, -0.2) is 0 Å². The number of hydrogen-bond acceptors (Lipinski definition) is 4. The van der Waals surface area contributed by atoms with Crippen LogP contribution < -0.4 is 10.1 Å². The molecule has 2 aromatic rings. The average molecular weight is 388 g/mol. The molecule has 0 radical (unpaired) electrons. The topological polar surface area (TPSA) is 44.8 Å². The second-order valence-corrected chi connectivity index (χ2v) is 7.29. The lowest BCUT2D eigenvalue weighted by atomic mass is 10.0. The number of methoxy groups -OCH3 is 1. The largest absolute Gasteiger partial charge is 0.497 e. The van der Waals surface area contributed by atoms with Crippen LogP contribution >= 0.6 is 11.6 Å². The first kappa shape index (κ1) is 19.7. The van der Waals surface area contributed by atoms with E-state index in [0.717, 1.165) is 31.9 Å². The maximum absolute atomic E-state index is 12.6. The van der Waals surface area contributed by atoms with Crippen LogP contribution in [0.1, 0.15) is 22.0 Å². The molecule has 2 aromatic carbocycles. The van der Waals surface area contributed by atoms with Crippen molar-refractivity contribution >= 4 is 17.5 Å². The number of ether oxygens (including phenoxy) is 1. The number of benzene rings is 2. The molecule has 0 aliphatic carbocycles. The third kappa shape index (κ3) is 5.22. The molecule has 0 aromatic heterocycles. The molecular weight excluding hydrogens is 362 g/mol. The van der Waals surface area contributed by atoms with E-state index in [2.05, 4.69) is 34.3 Å². The Labute approximate surface area is 165 Å². The fourth-order valence-electron chi connectivity index (χ4n) is 3.34. The highest BCUT2D eigenvalue weighted by Crippen LogP contribution is 2.24. The van der Waals surface area contributed by atoms with Crippen molar-refractivity contribution in [2.45, 2.75) is 6.04 Å². The highest BCUT2D eigenvalue weighted by molar-refractivity contribution is 6.30. The first-order valence-corrected chi connectivity index (χ1v) is 9.55. The number of hydrogen-bond donors (Lipinski definition) is 1. The Balaban J connectivity index is 1.73. The minimum atomic E-state index is -0.106. The lowest BCUT2D eigenvalue weighted by Crippen LogP contribution is -2.48. The van der Waals surface area contributed by atoms with E-state index in [9.17, 15) is 4.79 Å². The van der Waals surface area contributed by atoms with Gasteiger partial charge in [-0.3, -0.25) is 9.69 Å². The van der Waals surface area contributed by atoms with Gasteiger partial charge in [-0.1, -0.05) is 29.8 Å². The van der Waals surface area contributed by atoms with E-state index in [1.165, 1.54) is 5.56 Å². The summed E-state index contributed by atoms with van der Waals surface area (Å²) in [6.45, 7) is 4.53. The minimum Gasteiger partial charge on any atom is -0.497 e. The molecule has 1 heterocycles. The van der Waals surface area contributed by atoms with Crippen molar-refractivity contribution in [3.05, 3.63) is 64.7 Å². The maximum atomic E-state index is 12.6. The second-order valence-electron chi connectivity index (χ2n) is 6.85. The number of piperazine rings is 1. The van der Waals surface area contributed by atoms with Crippen molar-refractivity contribution in [2.24, 2.45) is 0 Å². The number of carbonyl (C=O) groups excluding carboxylic acids is 1. The maximum Gasteiger partial charge on any atom is 0.251 e. The van der Waals surface area contributed by atoms with E-state index in [1.54, 1.807) is 31.4 Å².